The molecular formula is C11H13FO2. The molecule has 0 amide bonds. The van der Waals surface area contributed by atoms with Crippen molar-refractivity contribution in [1.82, 2.24) is 0 Å². The lowest BCUT2D eigenvalue weighted by atomic mass is 10.2. The van der Waals surface area contributed by atoms with E-state index in [0.29, 0.717) is 6.42 Å². The van der Waals surface area contributed by atoms with Crippen molar-refractivity contribution >= 4 is 5.78 Å². The van der Waals surface area contributed by atoms with Crippen molar-refractivity contribution in [3.05, 3.63) is 29.6 Å². The monoisotopic (exact) mass is 196 g/mol. The largest absolute Gasteiger partial charge is 0.490 e. The van der Waals surface area contributed by atoms with Crippen LogP contribution in [0.25, 0.3) is 0 Å². The van der Waals surface area contributed by atoms with Crippen LogP contribution in [0.15, 0.2) is 18.2 Å². The molecule has 0 aromatic heterocycles. The zero-order chi connectivity index (χ0) is 10.6. The summed E-state index contributed by atoms with van der Waals surface area (Å²) in [5.74, 6) is -0.136. The first kappa shape index (κ1) is 10.7. The number of Topliss-reactive ketones (excluding diaryl/α,β-unsaturated/α-hetero) is 1. The minimum atomic E-state index is -0.390. The Kier molecular flexibility index (Phi) is 3.63. The molecular weight excluding hydrogens is 183 g/mol. The normalized spacial score (nSPS) is 9.93. The van der Waals surface area contributed by atoms with E-state index in [1.54, 1.807) is 12.1 Å². The molecule has 0 saturated carbocycles. The summed E-state index contributed by atoms with van der Waals surface area (Å²) < 4.78 is 18.2. The highest BCUT2D eigenvalue weighted by Gasteiger charge is 2.03. The molecule has 0 atom stereocenters. The fourth-order valence-corrected chi connectivity index (χ4v) is 1.03. The maximum atomic E-state index is 13.1. The highest BCUT2D eigenvalue weighted by atomic mass is 19.1. The molecule has 0 spiro atoms. The summed E-state index contributed by atoms with van der Waals surface area (Å²) in [5.41, 5.74) is 0.934. The van der Waals surface area contributed by atoms with Crippen LogP contribution >= 0.6 is 0 Å². The second kappa shape index (κ2) is 4.74. The van der Waals surface area contributed by atoms with Gasteiger partial charge in [-0.15, -0.1) is 0 Å². The topological polar surface area (TPSA) is 26.3 Å². The van der Waals surface area contributed by atoms with Gasteiger partial charge in [0.1, 0.15) is 5.78 Å². The summed E-state index contributed by atoms with van der Waals surface area (Å²) in [6.45, 7) is 3.57. The molecule has 0 radical (unpaired) electrons. The average molecular weight is 196 g/mol. The average Bonchev–Trinajstić information content (AvgIpc) is 2.10. The number of aryl methyl sites for hydroxylation is 1. The van der Waals surface area contributed by atoms with Gasteiger partial charge in [-0.05, 0) is 31.5 Å². The molecule has 1 aromatic carbocycles. The Hall–Kier alpha value is -1.38. The molecule has 14 heavy (non-hydrogen) atoms. The van der Waals surface area contributed by atoms with Gasteiger partial charge in [0, 0.05) is 6.42 Å². The fourth-order valence-electron chi connectivity index (χ4n) is 1.03. The van der Waals surface area contributed by atoms with E-state index in [1.807, 2.05) is 6.92 Å². The molecule has 76 valence electrons. The molecule has 2 nitrogen and oxygen atoms in total. The van der Waals surface area contributed by atoms with Gasteiger partial charge in [-0.2, -0.15) is 0 Å². The number of halogens is 1. The standard InChI is InChI=1S/C11H13FO2/c1-8-3-4-10(12)11(7-8)14-6-5-9(2)13/h3-4,7H,5-6H2,1-2H3. The van der Waals surface area contributed by atoms with Gasteiger partial charge in [-0.25, -0.2) is 4.39 Å². The lowest BCUT2D eigenvalue weighted by Crippen LogP contribution is -2.03. The second-order valence-corrected chi connectivity index (χ2v) is 3.23. The number of ketones is 1. The summed E-state index contributed by atoms with van der Waals surface area (Å²) in [7, 11) is 0. The maximum absolute atomic E-state index is 13.1. The van der Waals surface area contributed by atoms with E-state index in [-0.39, 0.29) is 24.0 Å². The Labute approximate surface area is 82.7 Å². The van der Waals surface area contributed by atoms with Gasteiger partial charge >= 0.3 is 0 Å². The third-order valence-electron chi connectivity index (χ3n) is 1.80. The molecule has 0 aliphatic rings. The van der Waals surface area contributed by atoms with Gasteiger partial charge < -0.3 is 4.74 Å². The Morgan fingerprint density at radius 2 is 2.21 bits per heavy atom. The molecule has 0 N–H and O–H groups in total. The van der Waals surface area contributed by atoms with Crippen LogP contribution in [0.4, 0.5) is 4.39 Å². The third-order valence-corrected chi connectivity index (χ3v) is 1.80. The Balaban J connectivity index is 2.57. The van der Waals surface area contributed by atoms with Crippen molar-refractivity contribution in [3.8, 4) is 5.75 Å². The van der Waals surface area contributed by atoms with Gasteiger partial charge in [0.25, 0.3) is 0 Å². The van der Waals surface area contributed by atoms with Crippen LogP contribution in [0.1, 0.15) is 18.9 Å². The first-order valence-electron chi connectivity index (χ1n) is 4.48. The fraction of sp³-hybridized carbons (Fsp3) is 0.364. The lowest BCUT2D eigenvalue weighted by Gasteiger charge is -2.06. The summed E-state index contributed by atoms with van der Waals surface area (Å²) >= 11 is 0. The van der Waals surface area contributed by atoms with E-state index in [4.69, 9.17) is 4.74 Å². The van der Waals surface area contributed by atoms with Gasteiger partial charge in [0.2, 0.25) is 0 Å². The number of benzene rings is 1. The lowest BCUT2D eigenvalue weighted by molar-refractivity contribution is -0.117. The van der Waals surface area contributed by atoms with Crippen molar-refractivity contribution in [2.24, 2.45) is 0 Å². The molecule has 0 fully saturated rings. The summed E-state index contributed by atoms with van der Waals surface area (Å²) in [6, 6.07) is 4.65. The molecule has 0 saturated heterocycles. The molecule has 1 rings (SSSR count). The molecule has 0 heterocycles. The van der Waals surface area contributed by atoms with Crippen molar-refractivity contribution in [3.63, 3.8) is 0 Å². The molecule has 0 unspecified atom stereocenters. The number of carbonyl (C=O) groups is 1. The zero-order valence-electron chi connectivity index (χ0n) is 8.34. The number of carbonyl (C=O) groups excluding carboxylic acids is 1. The number of hydrogen-bond donors (Lipinski definition) is 0. The van der Waals surface area contributed by atoms with E-state index < -0.39 is 0 Å². The van der Waals surface area contributed by atoms with Crippen LogP contribution in [0.5, 0.6) is 5.75 Å². The van der Waals surface area contributed by atoms with Crippen LogP contribution < -0.4 is 4.74 Å². The van der Waals surface area contributed by atoms with Crippen LogP contribution in [0.2, 0.25) is 0 Å². The maximum Gasteiger partial charge on any atom is 0.165 e. The predicted octanol–water partition coefficient (Wildman–Crippen LogP) is 2.49. The van der Waals surface area contributed by atoms with E-state index >= 15 is 0 Å². The highest BCUT2D eigenvalue weighted by Crippen LogP contribution is 2.18. The molecule has 3 heteroatoms. The first-order valence-corrected chi connectivity index (χ1v) is 4.48. The van der Waals surface area contributed by atoms with Gasteiger partial charge in [0.15, 0.2) is 11.6 Å². The minimum absolute atomic E-state index is 0.0399. The number of hydrogen-bond acceptors (Lipinski definition) is 2. The molecule has 0 aliphatic carbocycles. The van der Waals surface area contributed by atoms with E-state index in [2.05, 4.69) is 0 Å². The Morgan fingerprint density at radius 1 is 1.50 bits per heavy atom. The smallest absolute Gasteiger partial charge is 0.165 e. The highest BCUT2D eigenvalue weighted by molar-refractivity contribution is 5.75. The quantitative estimate of drug-likeness (QED) is 0.739. The van der Waals surface area contributed by atoms with Crippen LogP contribution in [-0.2, 0) is 4.79 Å². The van der Waals surface area contributed by atoms with Gasteiger partial charge in [-0.3, -0.25) is 4.79 Å². The van der Waals surface area contributed by atoms with Crippen LogP contribution in [0, 0.1) is 12.7 Å². The van der Waals surface area contributed by atoms with E-state index in [9.17, 15) is 9.18 Å². The first-order chi connectivity index (χ1) is 6.59. The second-order valence-electron chi connectivity index (χ2n) is 3.23. The van der Waals surface area contributed by atoms with Gasteiger partial charge in [-0.1, -0.05) is 6.07 Å². The number of rotatable bonds is 4. The van der Waals surface area contributed by atoms with Crippen molar-refractivity contribution < 1.29 is 13.9 Å². The summed E-state index contributed by atoms with van der Waals surface area (Å²) in [6.07, 6.45) is 0.313. The number of ether oxygens (including phenoxy) is 1. The summed E-state index contributed by atoms with van der Waals surface area (Å²) in [4.78, 5) is 10.6. The Bertz CT molecular complexity index is 334. The third kappa shape index (κ3) is 3.17. The SMILES string of the molecule is CC(=O)CCOc1cc(C)ccc1F. The predicted molar refractivity (Wildman–Crippen MR) is 51.9 cm³/mol. The van der Waals surface area contributed by atoms with E-state index in [1.165, 1.54) is 13.0 Å². The molecule has 0 aliphatic heterocycles. The summed E-state index contributed by atoms with van der Waals surface area (Å²) in [5, 5.41) is 0. The Morgan fingerprint density at radius 3 is 2.86 bits per heavy atom. The molecule has 0 bridgehead atoms. The van der Waals surface area contributed by atoms with Crippen molar-refractivity contribution in [1.29, 1.82) is 0 Å². The minimum Gasteiger partial charge on any atom is -0.490 e. The van der Waals surface area contributed by atoms with Crippen molar-refractivity contribution in [2.75, 3.05) is 6.61 Å². The molecule has 1 aromatic rings. The van der Waals surface area contributed by atoms with Crippen molar-refractivity contribution in [2.45, 2.75) is 20.3 Å². The van der Waals surface area contributed by atoms with Crippen LogP contribution in [0.3, 0.4) is 0 Å². The van der Waals surface area contributed by atoms with Gasteiger partial charge in [0.05, 0.1) is 6.61 Å². The van der Waals surface area contributed by atoms with E-state index in [0.717, 1.165) is 5.56 Å². The zero-order valence-corrected chi connectivity index (χ0v) is 8.34. The van der Waals surface area contributed by atoms with Crippen LogP contribution in [-0.4, -0.2) is 12.4 Å².